The molecule has 21 heavy (non-hydrogen) atoms. The van der Waals surface area contributed by atoms with Crippen LogP contribution in [0.3, 0.4) is 0 Å². The smallest absolute Gasteiger partial charge is 0.0576 e. The maximum Gasteiger partial charge on any atom is 0.0576 e. The summed E-state index contributed by atoms with van der Waals surface area (Å²) in [5, 5.41) is 3.77. The molecule has 0 fully saturated rings. The minimum atomic E-state index is 0.281. The van der Waals surface area contributed by atoms with Crippen molar-refractivity contribution in [3.8, 4) is 0 Å². The highest BCUT2D eigenvalue weighted by molar-refractivity contribution is 7.98. The third-order valence-corrected chi connectivity index (χ3v) is 4.66. The van der Waals surface area contributed by atoms with E-state index < -0.39 is 0 Å². The van der Waals surface area contributed by atoms with E-state index in [1.807, 2.05) is 11.8 Å². The van der Waals surface area contributed by atoms with E-state index in [4.69, 9.17) is 0 Å². The van der Waals surface area contributed by atoms with Gasteiger partial charge in [0.1, 0.15) is 0 Å². The van der Waals surface area contributed by atoms with E-state index in [0.717, 1.165) is 12.5 Å². The van der Waals surface area contributed by atoms with Gasteiger partial charge in [0.2, 0.25) is 0 Å². The molecule has 0 bridgehead atoms. The number of hydrogen-bond acceptors (Lipinski definition) is 2. The van der Waals surface area contributed by atoms with Crippen LogP contribution in [0.25, 0.3) is 0 Å². The average molecular weight is 299 g/mol. The molecule has 0 saturated carbocycles. The Labute approximate surface area is 133 Å². The number of rotatable bonds is 8. The van der Waals surface area contributed by atoms with Crippen LogP contribution in [0.4, 0.5) is 0 Å². The Balaban J connectivity index is 2.13. The molecular weight excluding hydrogens is 274 g/mol. The zero-order valence-corrected chi connectivity index (χ0v) is 13.8. The molecule has 2 aromatic carbocycles. The molecule has 0 radical (unpaired) electrons. The van der Waals surface area contributed by atoms with Crippen LogP contribution in [0.1, 0.15) is 30.5 Å². The molecule has 1 N–H and O–H groups in total. The fourth-order valence-corrected chi connectivity index (χ4v) is 3.39. The molecule has 0 aliphatic rings. The summed E-state index contributed by atoms with van der Waals surface area (Å²) in [7, 11) is 0. The number of benzene rings is 2. The predicted octanol–water partition coefficient (Wildman–Crippen LogP) is 4.75. The highest BCUT2D eigenvalue weighted by atomic mass is 32.2. The van der Waals surface area contributed by atoms with E-state index in [-0.39, 0.29) is 6.04 Å². The molecule has 0 unspecified atom stereocenters. The van der Waals surface area contributed by atoms with Crippen molar-refractivity contribution in [3.63, 3.8) is 0 Å². The van der Waals surface area contributed by atoms with E-state index >= 15 is 0 Å². The van der Waals surface area contributed by atoms with Crippen molar-refractivity contribution in [2.24, 2.45) is 5.92 Å². The first kappa shape index (κ1) is 16.1. The van der Waals surface area contributed by atoms with Crippen LogP contribution >= 0.6 is 11.8 Å². The summed E-state index contributed by atoms with van der Waals surface area (Å²) >= 11 is 1.94. The summed E-state index contributed by atoms with van der Waals surface area (Å²) in [5.74, 6) is 1.95. The van der Waals surface area contributed by atoms with Crippen molar-refractivity contribution < 1.29 is 0 Å². The van der Waals surface area contributed by atoms with Gasteiger partial charge in [-0.1, -0.05) is 74.0 Å². The van der Waals surface area contributed by atoms with Crippen LogP contribution < -0.4 is 5.32 Å². The fraction of sp³-hybridized carbons (Fsp3) is 0.368. The molecule has 0 heterocycles. The summed E-state index contributed by atoms with van der Waals surface area (Å²) in [6, 6.07) is 21.7. The Morgan fingerprint density at radius 1 is 0.905 bits per heavy atom. The standard InChI is InChI=1S/C19H25NS/c1-3-16(15-21-2)14-20-19(17-10-6-4-7-11-17)18-12-8-5-9-13-18/h4-13,16,19-20H,3,14-15H2,1-2H3/t16-/m1/s1. The second-order valence-electron chi connectivity index (χ2n) is 5.39. The summed E-state index contributed by atoms with van der Waals surface area (Å²) in [6.45, 7) is 3.34. The van der Waals surface area contributed by atoms with Crippen LogP contribution in [0.5, 0.6) is 0 Å². The second kappa shape index (κ2) is 8.91. The van der Waals surface area contributed by atoms with Crippen LogP contribution in [0.15, 0.2) is 60.7 Å². The highest BCUT2D eigenvalue weighted by Crippen LogP contribution is 2.22. The molecule has 0 aliphatic carbocycles. The van der Waals surface area contributed by atoms with Gasteiger partial charge in [0.15, 0.2) is 0 Å². The van der Waals surface area contributed by atoms with Crippen molar-refractivity contribution in [2.75, 3.05) is 18.6 Å². The third-order valence-electron chi connectivity index (χ3n) is 3.86. The second-order valence-corrected chi connectivity index (χ2v) is 6.30. The monoisotopic (exact) mass is 299 g/mol. The Morgan fingerprint density at radius 2 is 1.43 bits per heavy atom. The lowest BCUT2D eigenvalue weighted by Crippen LogP contribution is -2.29. The maximum atomic E-state index is 3.77. The van der Waals surface area contributed by atoms with Gasteiger partial charge in [-0.25, -0.2) is 0 Å². The van der Waals surface area contributed by atoms with Crippen molar-refractivity contribution in [2.45, 2.75) is 19.4 Å². The lowest BCUT2D eigenvalue weighted by Gasteiger charge is -2.23. The van der Waals surface area contributed by atoms with Crippen molar-refractivity contribution >= 4 is 11.8 Å². The van der Waals surface area contributed by atoms with Gasteiger partial charge in [-0.05, 0) is 35.6 Å². The Morgan fingerprint density at radius 3 is 1.86 bits per heavy atom. The average Bonchev–Trinajstić information content (AvgIpc) is 2.56. The van der Waals surface area contributed by atoms with Gasteiger partial charge < -0.3 is 5.32 Å². The van der Waals surface area contributed by atoms with Crippen LogP contribution in [-0.2, 0) is 0 Å². The lowest BCUT2D eigenvalue weighted by atomic mass is 9.98. The number of thioether (sulfide) groups is 1. The van der Waals surface area contributed by atoms with Gasteiger partial charge in [0.05, 0.1) is 6.04 Å². The summed E-state index contributed by atoms with van der Waals surface area (Å²) in [4.78, 5) is 0. The fourth-order valence-electron chi connectivity index (χ4n) is 2.56. The molecule has 0 aromatic heterocycles. The van der Waals surface area contributed by atoms with Gasteiger partial charge in [0, 0.05) is 0 Å². The third kappa shape index (κ3) is 4.90. The molecule has 1 nitrogen and oxygen atoms in total. The first-order valence-corrected chi connectivity index (χ1v) is 9.06. The molecule has 2 heteroatoms. The summed E-state index contributed by atoms with van der Waals surface area (Å²) in [6.07, 6.45) is 3.42. The number of nitrogens with one attached hydrogen (secondary N) is 1. The van der Waals surface area contributed by atoms with Gasteiger partial charge in [-0.15, -0.1) is 0 Å². The van der Waals surface area contributed by atoms with E-state index in [2.05, 4.69) is 79.2 Å². The first-order valence-electron chi connectivity index (χ1n) is 7.67. The first-order chi connectivity index (χ1) is 10.3. The van der Waals surface area contributed by atoms with E-state index in [1.54, 1.807) is 0 Å². The Kier molecular flexibility index (Phi) is 6.84. The molecule has 0 spiro atoms. The van der Waals surface area contributed by atoms with Crippen molar-refractivity contribution in [1.82, 2.24) is 5.32 Å². The molecular formula is C19H25NS. The van der Waals surface area contributed by atoms with Crippen LogP contribution in [0.2, 0.25) is 0 Å². The Bertz CT molecular complexity index is 458. The minimum Gasteiger partial charge on any atom is -0.306 e. The highest BCUT2D eigenvalue weighted by Gasteiger charge is 2.15. The molecule has 112 valence electrons. The molecule has 2 aromatic rings. The number of hydrogen-bond donors (Lipinski definition) is 1. The van der Waals surface area contributed by atoms with E-state index in [1.165, 1.54) is 23.3 Å². The zero-order valence-electron chi connectivity index (χ0n) is 13.0. The predicted molar refractivity (Wildman–Crippen MR) is 94.9 cm³/mol. The van der Waals surface area contributed by atoms with Crippen LogP contribution in [0, 0.1) is 5.92 Å². The maximum absolute atomic E-state index is 3.77. The van der Waals surface area contributed by atoms with Crippen LogP contribution in [-0.4, -0.2) is 18.6 Å². The molecule has 2 rings (SSSR count). The van der Waals surface area contributed by atoms with Crippen molar-refractivity contribution in [3.05, 3.63) is 71.8 Å². The molecule has 0 saturated heterocycles. The lowest BCUT2D eigenvalue weighted by molar-refractivity contribution is 0.479. The van der Waals surface area contributed by atoms with E-state index in [0.29, 0.717) is 0 Å². The van der Waals surface area contributed by atoms with Gasteiger partial charge in [-0.3, -0.25) is 0 Å². The van der Waals surface area contributed by atoms with Crippen molar-refractivity contribution in [1.29, 1.82) is 0 Å². The molecule has 0 aliphatic heterocycles. The van der Waals surface area contributed by atoms with Gasteiger partial charge in [-0.2, -0.15) is 11.8 Å². The minimum absolute atomic E-state index is 0.281. The normalized spacial score (nSPS) is 12.5. The summed E-state index contributed by atoms with van der Waals surface area (Å²) < 4.78 is 0. The molecule has 1 atom stereocenters. The Hall–Kier alpha value is -1.25. The van der Waals surface area contributed by atoms with Gasteiger partial charge in [0.25, 0.3) is 0 Å². The largest absolute Gasteiger partial charge is 0.306 e. The van der Waals surface area contributed by atoms with E-state index in [9.17, 15) is 0 Å². The molecule has 0 amide bonds. The quantitative estimate of drug-likeness (QED) is 0.754. The van der Waals surface area contributed by atoms with Gasteiger partial charge >= 0.3 is 0 Å². The summed E-state index contributed by atoms with van der Waals surface area (Å²) in [5.41, 5.74) is 2.67. The zero-order chi connectivity index (χ0) is 14.9. The SMILES string of the molecule is CC[C@H](CNC(c1ccccc1)c1ccccc1)CSC. The topological polar surface area (TPSA) is 12.0 Å².